The summed E-state index contributed by atoms with van der Waals surface area (Å²) in [5, 5.41) is 0. The van der Waals surface area contributed by atoms with Gasteiger partial charge in [-0.2, -0.15) is 4.31 Å². The lowest BCUT2D eigenvalue weighted by Gasteiger charge is -2.37. The zero-order valence-corrected chi connectivity index (χ0v) is 18.1. The molecule has 0 N–H and O–H groups in total. The highest BCUT2D eigenvalue weighted by molar-refractivity contribution is 7.89. The number of benzene rings is 1. The van der Waals surface area contributed by atoms with Gasteiger partial charge < -0.3 is 9.64 Å². The zero-order valence-electron chi connectivity index (χ0n) is 17.2. The molecule has 1 aromatic rings. The van der Waals surface area contributed by atoms with Gasteiger partial charge in [0.05, 0.1) is 6.61 Å². The molecule has 6 nitrogen and oxygen atoms in total. The summed E-state index contributed by atoms with van der Waals surface area (Å²) in [5.74, 6) is -2.08. The summed E-state index contributed by atoms with van der Waals surface area (Å²) < 4.78 is 59.1. The minimum Gasteiger partial charge on any atom is -0.383 e. The van der Waals surface area contributed by atoms with E-state index in [1.807, 2.05) is 18.7 Å². The Hall–Kier alpha value is -1.58. The number of carbonyl (C=O) groups excluding carboxylic acids is 1. The lowest BCUT2D eigenvalue weighted by molar-refractivity contribution is -0.140. The summed E-state index contributed by atoms with van der Waals surface area (Å²) in [6.07, 6.45) is 2.35. The molecule has 0 atom stereocenters. The van der Waals surface area contributed by atoms with E-state index in [4.69, 9.17) is 4.74 Å². The molecule has 0 bridgehead atoms. The predicted molar refractivity (Wildman–Crippen MR) is 106 cm³/mol. The molecule has 0 spiro atoms. The van der Waals surface area contributed by atoms with Crippen LogP contribution in [0.15, 0.2) is 23.1 Å². The Labute approximate surface area is 171 Å². The largest absolute Gasteiger partial charge is 0.383 e. The topological polar surface area (TPSA) is 66.9 Å². The number of carbonyl (C=O) groups is 1. The van der Waals surface area contributed by atoms with Crippen LogP contribution in [0.5, 0.6) is 0 Å². The monoisotopic (exact) mass is 432 g/mol. The van der Waals surface area contributed by atoms with Gasteiger partial charge >= 0.3 is 0 Å². The fraction of sp³-hybridized carbons (Fsp3) is 0.650. The van der Waals surface area contributed by atoms with Crippen molar-refractivity contribution in [2.45, 2.75) is 50.5 Å². The number of amides is 1. The lowest BCUT2D eigenvalue weighted by Crippen LogP contribution is -2.48. The van der Waals surface area contributed by atoms with Crippen molar-refractivity contribution in [3.8, 4) is 0 Å². The van der Waals surface area contributed by atoms with Crippen LogP contribution >= 0.6 is 0 Å². The van der Waals surface area contributed by atoms with Gasteiger partial charge in [0.1, 0.15) is 16.5 Å². The summed E-state index contributed by atoms with van der Waals surface area (Å²) in [6, 6.07) is 2.50. The summed E-state index contributed by atoms with van der Waals surface area (Å²) in [5.41, 5.74) is 0. The summed E-state index contributed by atoms with van der Waals surface area (Å²) in [6.45, 7) is 5.18. The Bertz CT molecular complexity index is 792. The maximum absolute atomic E-state index is 14.0. The molecule has 1 aromatic carbocycles. The number of halogens is 2. The maximum Gasteiger partial charge on any atom is 0.246 e. The van der Waals surface area contributed by atoms with Crippen molar-refractivity contribution in [2.75, 3.05) is 33.4 Å². The fourth-order valence-corrected chi connectivity index (χ4v) is 5.33. The Morgan fingerprint density at radius 1 is 1.24 bits per heavy atom. The molecule has 0 saturated carbocycles. The highest BCUT2D eigenvalue weighted by Crippen LogP contribution is 2.27. The molecule has 1 saturated heterocycles. The van der Waals surface area contributed by atoms with Crippen LogP contribution in [0.1, 0.15) is 39.5 Å². The normalized spacial score (nSPS) is 16.3. The van der Waals surface area contributed by atoms with Gasteiger partial charge in [-0.3, -0.25) is 4.79 Å². The minimum atomic E-state index is -4.15. The van der Waals surface area contributed by atoms with Crippen molar-refractivity contribution in [3.63, 3.8) is 0 Å². The molecule has 0 aliphatic carbocycles. The van der Waals surface area contributed by atoms with Gasteiger partial charge in [0.15, 0.2) is 0 Å². The van der Waals surface area contributed by atoms with Crippen LogP contribution in [0.2, 0.25) is 0 Å². The van der Waals surface area contributed by atoms with E-state index in [9.17, 15) is 22.0 Å². The van der Waals surface area contributed by atoms with E-state index in [1.54, 1.807) is 7.11 Å². The van der Waals surface area contributed by atoms with E-state index < -0.39 is 26.6 Å². The second-order valence-electron chi connectivity index (χ2n) is 7.25. The highest BCUT2D eigenvalue weighted by atomic mass is 32.2. The van der Waals surface area contributed by atoms with Crippen LogP contribution in [-0.2, 0) is 19.6 Å². The summed E-state index contributed by atoms with van der Waals surface area (Å²) in [4.78, 5) is 14.3. The van der Waals surface area contributed by atoms with Crippen LogP contribution in [-0.4, -0.2) is 62.9 Å². The molecular weight excluding hydrogens is 402 g/mol. The van der Waals surface area contributed by atoms with Crippen molar-refractivity contribution in [2.24, 2.45) is 5.92 Å². The SMILES string of the molecule is CCC(CC)N(CCOC)C(=O)C1CCN(S(=O)(=O)c2cc(F)ccc2F)CC1. The van der Waals surface area contributed by atoms with Crippen molar-refractivity contribution in [1.29, 1.82) is 0 Å². The molecule has 0 radical (unpaired) electrons. The van der Waals surface area contributed by atoms with E-state index >= 15 is 0 Å². The number of piperidine rings is 1. The second kappa shape index (κ2) is 10.4. The first-order chi connectivity index (χ1) is 13.8. The first kappa shape index (κ1) is 23.7. The molecular formula is C20H30F2N2O4S. The molecule has 29 heavy (non-hydrogen) atoms. The fourth-order valence-electron chi connectivity index (χ4n) is 3.78. The molecule has 2 rings (SSSR count). The standard InChI is InChI=1S/C20H30F2N2O4S/c1-4-17(5-2)24(12-13-28-3)20(25)15-8-10-23(11-9-15)29(26,27)19-14-16(21)6-7-18(19)22/h6-7,14-15,17H,4-5,8-13H2,1-3H3. The van der Waals surface area contributed by atoms with Crippen molar-refractivity contribution in [3.05, 3.63) is 29.8 Å². The Kier molecular flexibility index (Phi) is 8.54. The Balaban J connectivity index is 2.10. The second-order valence-corrected chi connectivity index (χ2v) is 9.15. The van der Waals surface area contributed by atoms with Gasteiger partial charge in [-0.05, 0) is 43.9 Å². The molecule has 1 aliphatic rings. The number of hydrogen-bond donors (Lipinski definition) is 0. The third-order valence-corrected chi connectivity index (χ3v) is 7.43. The first-order valence-corrected chi connectivity index (χ1v) is 11.4. The molecule has 0 aromatic heterocycles. The lowest BCUT2D eigenvalue weighted by atomic mass is 9.95. The highest BCUT2D eigenvalue weighted by Gasteiger charge is 2.36. The Morgan fingerprint density at radius 2 is 1.86 bits per heavy atom. The number of nitrogens with zero attached hydrogens (tertiary/aromatic N) is 2. The van der Waals surface area contributed by atoms with Crippen molar-refractivity contribution in [1.82, 2.24) is 9.21 Å². The molecule has 1 aliphatic heterocycles. The average Bonchev–Trinajstić information content (AvgIpc) is 2.72. The molecule has 1 heterocycles. The van der Waals surface area contributed by atoms with Gasteiger partial charge in [0.25, 0.3) is 0 Å². The van der Waals surface area contributed by atoms with E-state index in [2.05, 4.69) is 0 Å². The average molecular weight is 433 g/mol. The van der Waals surface area contributed by atoms with Crippen LogP contribution < -0.4 is 0 Å². The van der Waals surface area contributed by atoms with Gasteiger partial charge in [-0.1, -0.05) is 13.8 Å². The number of ether oxygens (including phenoxy) is 1. The molecule has 1 fully saturated rings. The van der Waals surface area contributed by atoms with Crippen LogP contribution in [0.4, 0.5) is 8.78 Å². The minimum absolute atomic E-state index is 0.00438. The van der Waals surface area contributed by atoms with E-state index in [0.717, 1.165) is 29.3 Å². The van der Waals surface area contributed by atoms with Gasteiger partial charge in [-0.15, -0.1) is 0 Å². The third kappa shape index (κ3) is 5.52. The van der Waals surface area contributed by atoms with Gasteiger partial charge in [0.2, 0.25) is 15.9 Å². The van der Waals surface area contributed by atoms with Crippen LogP contribution in [0.25, 0.3) is 0 Å². The summed E-state index contributed by atoms with van der Waals surface area (Å²) in [7, 11) is -2.56. The number of hydrogen-bond acceptors (Lipinski definition) is 4. The van der Waals surface area contributed by atoms with Crippen molar-refractivity contribution < 1.29 is 26.7 Å². The third-order valence-electron chi connectivity index (χ3n) is 5.52. The predicted octanol–water partition coefficient (Wildman–Crippen LogP) is 3.03. The van der Waals surface area contributed by atoms with Gasteiger partial charge in [0, 0.05) is 38.7 Å². The van der Waals surface area contributed by atoms with E-state index in [1.165, 1.54) is 0 Å². The quantitative estimate of drug-likeness (QED) is 0.602. The molecule has 164 valence electrons. The maximum atomic E-state index is 14.0. The van der Waals surface area contributed by atoms with Crippen molar-refractivity contribution >= 4 is 15.9 Å². The van der Waals surface area contributed by atoms with Gasteiger partial charge in [-0.25, -0.2) is 17.2 Å². The number of sulfonamides is 1. The molecule has 0 unspecified atom stereocenters. The zero-order chi connectivity index (χ0) is 21.6. The number of methoxy groups -OCH3 is 1. The van der Waals surface area contributed by atoms with Crippen LogP contribution in [0.3, 0.4) is 0 Å². The van der Waals surface area contributed by atoms with E-state index in [-0.39, 0.29) is 31.0 Å². The van der Waals surface area contributed by atoms with Crippen LogP contribution in [0, 0.1) is 17.6 Å². The molecule has 9 heteroatoms. The Morgan fingerprint density at radius 3 is 2.41 bits per heavy atom. The number of rotatable bonds is 9. The molecule has 1 amide bonds. The smallest absolute Gasteiger partial charge is 0.246 e. The summed E-state index contributed by atoms with van der Waals surface area (Å²) >= 11 is 0. The first-order valence-electron chi connectivity index (χ1n) is 10.0. The van der Waals surface area contributed by atoms with E-state index in [0.29, 0.717) is 32.1 Å².